The summed E-state index contributed by atoms with van der Waals surface area (Å²) >= 11 is 1.35. The van der Waals surface area contributed by atoms with Crippen LogP contribution in [0.4, 0.5) is 0 Å². The minimum absolute atomic E-state index is 0. The molecule has 0 bridgehead atoms. The van der Waals surface area contributed by atoms with Crippen molar-refractivity contribution >= 4 is 16.9 Å². The first kappa shape index (κ1) is 11.3. The van der Waals surface area contributed by atoms with Crippen molar-refractivity contribution in [1.82, 2.24) is 0 Å². The summed E-state index contributed by atoms with van der Waals surface area (Å²) in [5, 5.41) is 7.16. The van der Waals surface area contributed by atoms with E-state index in [2.05, 4.69) is 0 Å². The third kappa shape index (κ3) is 4.26. The lowest BCUT2D eigenvalue weighted by molar-refractivity contribution is -0.00000256. The topological polar surface area (TPSA) is 49.9 Å². The average molecular weight is 202 g/mol. The Bertz CT molecular complexity index is 238. The fourth-order valence-electron chi connectivity index (χ4n) is 0.735. The Morgan fingerprint density at radius 2 is 1.92 bits per heavy atom. The van der Waals surface area contributed by atoms with E-state index < -0.39 is 0 Å². The molecule has 0 radical (unpaired) electrons. The smallest absolute Gasteiger partial charge is 0.151 e. The van der Waals surface area contributed by atoms with E-state index in [4.69, 9.17) is 11.1 Å². The normalized spacial score (nSPS) is 8.67. The Labute approximate surface area is 82.5 Å². The van der Waals surface area contributed by atoms with Crippen LogP contribution < -0.4 is 18.1 Å². The monoisotopic (exact) mass is 201 g/mol. The molecule has 0 unspecified atom stereocenters. The molecule has 0 aliphatic carbocycles. The molecule has 0 aliphatic rings. The van der Waals surface area contributed by atoms with Gasteiger partial charge in [0.15, 0.2) is 5.17 Å². The lowest BCUT2D eigenvalue weighted by Crippen LogP contribution is -3.00. The average Bonchev–Trinajstić information content (AvgIpc) is 2.03. The minimum Gasteiger partial charge on any atom is -1.00 e. The van der Waals surface area contributed by atoms with Crippen LogP contribution in [0.15, 0.2) is 30.3 Å². The van der Waals surface area contributed by atoms with E-state index in [1.165, 1.54) is 17.3 Å². The SMILES string of the molecule is N=C(N)SCc1ccccc1.[Cl-]. The second-order valence-electron chi connectivity index (χ2n) is 2.14. The molecule has 1 rings (SSSR count). The summed E-state index contributed by atoms with van der Waals surface area (Å²) in [7, 11) is 0. The van der Waals surface area contributed by atoms with E-state index in [0.29, 0.717) is 0 Å². The maximum absolute atomic E-state index is 6.98. The van der Waals surface area contributed by atoms with Crippen LogP contribution in [-0.2, 0) is 5.75 Å². The molecule has 0 saturated heterocycles. The van der Waals surface area contributed by atoms with Crippen molar-refractivity contribution in [3.8, 4) is 0 Å². The number of halogens is 1. The van der Waals surface area contributed by atoms with E-state index in [0.717, 1.165) is 5.75 Å². The Morgan fingerprint density at radius 3 is 2.42 bits per heavy atom. The molecule has 3 N–H and O–H groups in total. The van der Waals surface area contributed by atoms with Crippen LogP contribution in [0.1, 0.15) is 5.56 Å². The van der Waals surface area contributed by atoms with Crippen LogP contribution in [0.3, 0.4) is 0 Å². The zero-order valence-electron chi connectivity index (χ0n) is 6.46. The molecule has 0 aromatic heterocycles. The Morgan fingerprint density at radius 1 is 1.33 bits per heavy atom. The van der Waals surface area contributed by atoms with E-state index in [-0.39, 0.29) is 17.6 Å². The number of amidine groups is 1. The fourth-order valence-corrected chi connectivity index (χ4v) is 1.25. The van der Waals surface area contributed by atoms with E-state index >= 15 is 0 Å². The van der Waals surface area contributed by atoms with E-state index in [9.17, 15) is 0 Å². The molecule has 0 aliphatic heterocycles. The number of hydrogen-bond donors (Lipinski definition) is 2. The first-order chi connectivity index (χ1) is 5.29. The summed E-state index contributed by atoms with van der Waals surface area (Å²) in [6, 6.07) is 9.99. The van der Waals surface area contributed by atoms with Crippen molar-refractivity contribution in [2.45, 2.75) is 5.75 Å². The molecule has 0 saturated carbocycles. The highest BCUT2D eigenvalue weighted by molar-refractivity contribution is 8.13. The summed E-state index contributed by atoms with van der Waals surface area (Å²) in [6.07, 6.45) is 0. The van der Waals surface area contributed by atoms with Gasteiger partial charge in [-0.15, -0.1) is 0 Å². The molecule has 0 fully saturated rings. The molecule has 0 amide bonds. The van der Waals surface area contributed by atoms with Gasteiger partial charge in [0.2, 0.25) is 0 Å². The lowest BCUT2D eigenvalue weighted by atomic mass is 10.2. The van der Waals surface area contributed by atoms with Crippen molar-refractivity contribution in [3.63, 3.8) is 0 Å². The Hall–Kier alpha value is -0.670. The van der Waals surface area contributed by atoms with Crippen molar-refractivity contribution in [3.05, 3.63) is 35.9 Å². The van der Waals surface area contributed by atoms with Gasteiger partial charge in [0.1, 0.15) is 0 Å². The maximum atomic E-state index is 6.98. The molecule has 1 aromatic rings. The highest BCUT2D eigenvalue weighted by Gasteiger charge is 1.92. The summed E-state index contributed by atoms with van der Waals surface area (Å²) in [6.45, 7) is 0. The van der Waals surface area contributed by atoms with Gasteiger partial charge in [0.25, 0.3) is 0 Å². The number of nitrogens with two attached hydrogens (primary N) is 1. The maximum Gasteiger partial charge on any atom is 0.151 e. The number of benzene rings is 1. The first-order valence-corrected chi connectivity index (χ1v) is 4.28. The summed E-state index contributed by atoms with van der Waals surface area (Å²) in [4.78, 5) is 0. The van der Waals surface area contributed by atoms with Crippen molar-refractivity contribution in [1.29, 1.82) is 5.41 Å². The predicted molar refractivity (Wildman–Crippen MR) is 49.7 cm³/mol. The summed E-state index contributed by atoms with van der Waals surface area (Å²) < 4.78 is 0. The number of hydrogen-bond acceptors (Lipinski definition) is 2. The van der Waals surface area contributed by atoms with Crippen molar-refractivity contribution < 1.29 is 12.4 Å². The second-order valence-corrected chi connectivity index (χ2v) is 3.16. The molecule has 2 nitrogen and oxygen atoms in total. The molecule has 1 aromatic carbocycles. The van der Waals surface area contributed by atoms with Crippen molar-refractivity contribution in [2.75, 3.05) is 0 Å². The number of rotatable bonds is 2. The largest absolute Gasteiger partial charge is 1.00 e. The van der Waals surface area contributed by atoms with Gasteiger partial charge >= 0.3 is 0 Å². The predicted octanol–water partition coefficient (Wildman–Crippen LogP) is -1.18. The van der Waals surface area contributed by atoms with Crippen LogP contribution in [0, 0.1) is 5.41 Å². The highest BCUT2D eigenvalue weighted by Crippen LogP contribution is 2.09. The number of thioether (sulfide) groups is 1. The molecule has 66 valence electrons. The van der Waals surface area contributed by atoms with Gasteiger partial charge in [-0.1, -0.05) is 42.1 Å². The van der Waals surface area contributed by atoms with Crippen molar-refractivity contribution in [2.24, 2.45) is 5.73 Å². The fraction of sp³-hybridized carbons (Fsp3) is 0.125. The summed E-state index contributed by atoms with van der Waals surface area (Å²) in [5.74, 6) is 0.788. The first-order valence-electron chi connectivity index (χ1n) is 3.30. The molecule has 4 heteroatoms. The van der Waals surface area contributed by atoms with E-state index in [1.807, 2.05) is 30.3 Å². The van der Waals surface area contributed by atoms with Gasteiger partial charge in [0.05, 0.1) is 0 Å². The third-order valence-electron chi connectivity index (χ3n) is 1.24. The lowest BCUT2D eigenvalue weighted by Gasteiger charge is -1.97. The van der Waals surface area contributed by atoms with E-state index in [1.54, 1.807) is 0 Å². The van der Waals surface area contributed by atoms with Gasteiger partial charge in [-0.3, -0.25) is 5.41 Å². The number of nitrogens with one attached hydrogen (secondary N) is 1. The molecule has 12 heavy (non-hydrogen) atoms. The molecule has 0 spiro atoms. The molecular formula is C8H10ClN2S-. The van der Waals surface area contributed by atoms with Gasteiger partial charge in [-0.25, -0.2) is 0 Å². The quantitative estimate of drug-likeness (QED) is 0.468. The molecular weight excluding hydrogens is 192 g/mol. The van der Waals surface area contributed by atoms with Crippen LogP contribution in [0.25, 0.3) is 0 Å². The summed E-state index contributed by atoms with van der Waals surface area (Å²) in [5.41, 5.74) is 6.39. The highest BCUT2D eigenvalue weighted by atomic mass is 35.5. The van der Waals surface area contributed by atoms with Gasteiger partial charge in [-0.05, 0) is 5.56 Å². The van der Waals surface area contributed by atoms with Gasteiger partial charge < -0.3 is 18.1 Å². The Kier molecular flexibility index (Phi) is 5.58. The molecule has 0 heterocycles. The Balaban J connectivity index is 0.00000121. The zero-order chi connectivity index (χ0) is 8.10. The van der Waals surface area contributed by atoms with Crippen LogP contribution in [0.5, 0.6) is 0 Å². The van der Waals surface area contributed by atoms with Crippen LogP contribution in [-0.4, -0.2) is 5.17 Å². The minimum atomic E-state index is 0. The standard InChI is InChI=1S/C8H10N2S.ClH/c9-8(10)11-6-7-4-2-1-3-5-7;/h1-5H,6H2,(H3,9,10);1H/p-1. The molecule has 0 atom stereocenters. The zero-order valence-corrected chi connectivity index (χ0v) is 8.03. The second kappa shape index (κ2) is 5.91. The van der Waals surface area contributed by atoms with Crippen LogP contribution in [0.2, 0.25) is 0 Å². The van der Waals surface area contributed by atoms with Gasteiger partial charge in [-0.2, -0.15) is 0 Å². The van der Waals surface area contributed by atoms with Crippen LogP contribution >= 0.6 is 11.8 Å². The third-order valence-corrected chi connectivity index (χ3v) is 2.03. The van der Waals surface area contributed by atoms with Gasteiger partial charge in [0, 0.05) is 5.75 Å².